The van der Waals surface area contributed by atoms with Crippen LogP contribution in [0.5, 0.6) is 0 Å². The van der Waals surface area contributed by atoms with Gasteiger partial charge in [0.25, 0.3) is 0 Å². The number of aryl methyl sites for hydroxylation is 2. The van der Waals surface area contributed by atoms with Crippen LogP contribution < -0.4 is 4.72 Å². The van der Waals surface area contributed by atoms with Gasteiger partial charge in [0.1, 0.15) is 0 Å². The highest BCUT2D eigenvalue weighted by Gasteiger charge is 2.25. The lowest BCUT2D eigenvalue weighted by atomic mass is 10.0. The lowest BCUT2D eigenvalue weighted by Crippen LogP contribution is -2.43. The minimum Gasteiger partial charge on any atom is -0.379 e. The van der Waals surface area contributed by atoms with Crippen LogP contribution in [0.1, 0.15) is 28.3 Å². The molecule has 1 N–H and O–H groups in total. The molecule has 28 heavy (non-hydrogen) atoms. The summed E-state index contributed by atoms with van der Waals surface area (Å²) >= 11 is 0. The lowest BCUT2D eigenvalue weighted by molar-refractivity contribution is 0.0172. The number of nitriles is 1. The normalized spacial score (nSPS) is 16.5. The van der Waals surface area contributed by atoms with E-state index in [0.717, 1.165) is 24.2 Å². The fourth-order valence-corrected chi connectivity index (χ4v) is 4.77. The first-order chi connectivity index (χ1) is 13.4. The molecule has 7 heteroatoms. The average molecular weight is 400 g/mol. The average Bonchev–Trinajstić information content (AvgIpc) is 2.68. The molecule has 0 bridgehead atoms. The van der Waals surface area contributed by atoms with E-state index in [1.54, 1.807) is 13.0 Å². The van der Waals surface area contributed by atoms with Gasteiger partial charge in [-0.25, -0.2) is 13.1 Å². The van der Waals surface area contributed by atoms with E-state index >= 15 is 0 Å². The monoisotopic (exact) mass is 399 g/mol. The molecule has 0 aliphatic carbocycles. The maximum Gasteiger partial charge on any atom is 0.240 e. The van der Waals surface area contributed by atoms with Crippen LogP contribution in [0, 0.1) is 25.2 Å². The number of ether oxygens (including phenoxy) is 1. The Labute approximate surface area is 166 Å². The van der Waals surface area contributed by atoms with Crippen molar-refractivity contribution in [3.63, 3.8) is 0 Å². The Morgan fingerprint density at radius 1 is 1.18 bits per heavy atom. The van der Waals surface area contributed by atoms with Gasteiger partial charge in [-0.15, -0.1) is 0 Å². The smallest absolute Gasteiger partial charge is 0.240 e. The second kappa shape index (κ2) is 8.84. The van der Waals surface area contributed by atoms with E-state index in [9.17, 15) is 8.42 Å². The second-order valence-electron chi connectivity index (χ2n) is 7.02. The van der Waals surface area contributed by atoms with Gasteiger partial charge in [0, 0.05) is 25.7 Å². The quantitative estimate of drug-likeness (QED) is 0.807. The van der Waals surface area contributed by atoms with E-state index in [2.05, 4.69) is 15.7 Å². The fourth-order valence-electron chi connectivity index (χ4n) is 3.51. The number of morpholine rings is 1. The van der Waals surface area contributed by atoms with E-state index < -0.39 is 10.0 Å². The first-order valence-electron chi connectivity index (χ1n) is 9.29. The van der Waals surface area contributed by atoms with Crippen molar-refractivity contribution >= 4 is 10.0 Å². The Morgan fingerprint density at radius 2 is 1.93 bits per heavy atom. The molecule has 1 unspecified atom stereocenters. The Kier molecular flexibility index (Phi) is 6.47. The minimum atomic E-state index is -3.69. The van der Waals surface area contributed by atoms with E-state index in [-0.39, 0.29) is 17.5 Å². The van der Waals surface area contributed by atoms with E-state index in [1.165, 1.54) is 12.1 Å². The molecule has 6 nitrogen and oxygen atoms in total. The van der Waals surface area contributed by atoms with Crippen LogP contribution >= 0.6 is 0 Å². The predicted molar refractivity (Wildman–Crippen MR) is 107 cm³/mol. The topological polar surface area (TPSA) is 82.4 Å². The summed E-state index contributed by atoms with van der Waals surface area (Å²) in [5.41, 5.74) is 3.23. The molecule has 0 amide bonds. The van der Waals surface area contributed by atoms with Gasteiger partial charge in [-0.1, -0.05) is 29.8 Å². The molecule has 1 atom stereocenters. The van der Waals surface area contributed by atoms with Crippen LogP contribution in [0.4, 0.5) is 0 Å². The van der Waals surface area contributed by atoms with Crippen LogP contribution in [-0.2, 0) is 14.8 Å². The summed E-state index contributed by atoms with van der Waals surface area (Å²) in [5, 5.41) is 8.99. The number of nitrogens with zero attached hydrogens (tertiary/aromatic N) is 2. The highest BCUT2D eigenvalue weighted by Crippen LogP contribution is 2.24. The van der Waals surface area contributed by atoms with Crippen LogP contribution in [0.3, 0.4) is 0 Å². The predicted octanol–water partition coefficient (Wildman–Crippen LogP) is 2.53. The molecule has 148 valence electrons. The van der Waals surface area contributed by atoms with Gasteiger partial charge in [0.05, 0.1) is 29.7 Å². The number of rotatable bonds is 6. The Bertz CT molecular complexity index is 977. The summed E-state index contributed by atoms with van der Waals surface area (Å²) in [7, 11) is -3.69. The molecule has 1 saturated heterocycles. The number of nitrogens with one attached hydrogen (secondary N) is 1. The largest absolute Gasteiger partial charge is 0.379 e. The molecular weight excluding hydrogens is 374 g/mol. The van der Waals surface area contributed by atoms with Crippen LogP contribution in [0.15, 0.2) is 47.4 Å². The van der Waals surface area contributed by atoms with Crippen molar-refractivity contribution in [1.29, 1.82) is 5.26 Å². The summed E-state index contributed by atoms with van der Waals surface area (Å²) in [5.74, 6) is 0. The van der Waals surface area contributed by atoms with Crippen molar-refractivity contribution in [2.24, 2.45) is 0 Å². The molecule has 1 aliphatic rings. The van der Waals surface area contributed by atoms with Gasteiger partial charge in [-0.3, -0.25) is 4.90 Å². The zero-order valence-electron chi connectivity index (χ0n) is 16.2. The molecule has 0 spiro atoms. The molecular formula is C21H25N3O3S. The molecule has 1 fully saturated rings. The summed E-state index contributed by atoms with van der Waals surface area (Å²) < 4.78 is 34.0. The second-order valence-corrected chi connectivity index (χ2v) is 8.76. The third kappa shape index (κ3) is 4.78. The SMILES string of the molecule is Cc1cccc(C(CNS(=O)(=O)c2ccc(C#N)cc2C)N2CCOCC2)c1. The Balaban J connectivity index is 1.83. The number of sulfonamides is 1. The van der Waals surface area contributed by atoms with Crippen molar-refractivity contribution in [1.82, 2.24) is 9.62 Å². The zero-order valence-corrected chi connectivity index (χ0v) is 17.0. The summed E-state index contributed by atoms with van der Waals surface area (Å²) in [4.78, 5) is 2.46. The third-order valence-electron chi connectivity index (χ3n) is 4.97. The van der Waals surface area contributed by atoms with Crippen molar-refractivity contribution in [2.75, 3.05) is 32.8 Å². The summed E-state index contributed by atoms with van der Waals surface area (Å²) in [6.07, 6.45) is 0. The molecule has 1 heterocycles. The van der Waals surface area contributed by atoms with E-state index in [1.807, 2.05) is 31.2 Å². The number of benzene rings is 2. The zero-order chi connectivity index (χ0) is 20.1. The van der Waals surface area contributed by atoms with Crippen molar-refractivity contribution in [2.45, 2.75) is 24.8 Å². The van der Waals surface area contributed by atoms with E-state index in [4.69, 9.17) is 10.00 Å². The van der Waals surface area contributed by atoms with Crippen LogP contribution in [-0.4, -0.2) is 46.2 Å². The summed E-state index contributed by atoms with van der Waals surface area (Å²) in [6.45, 7) is 6.81. The molecule has 0 aromatic heterocycles. The molecule has 1 aliphatic heterocycles. The first kappa shape index (κ1) is 20.5. The summed E-state index contributed by atoms with van der Waals surface area (Å²) in [6, 6.07) is 14.7. The van der Waals surface area contributed by atoms with Crippen molar-refractivity contribution in [3.8, 4) is 6.07 Å². The van der Waals surface area contributed by atoms with Crippen LogP contribution in [0.2, 0.25) is 0 Å². The Hall–Kier alpha value is -2.24. The van der Waals surface area contributed by atoms with Crippen molar-refractivity contribution < 1.29 is 13.2 Å². The van der Waals surface area contributed by atoms with Gasteiger partial charge in [-0.05, 0) is 43.2 Å². The number of hydrogen-bond donors (Lipinski definition) is 1. The van der Waals surface area contributed by atoms with Crippen molar-refractivity contribution in [3.05, 3.63) is 64.7 Å². The van der Waals surface area contributed by atoms with Gasteiger partial charge >= 0.3 is 0 Å². The Morgan fingerprint density at radius 3 is 2.57 bits per heavy atom. The van der Waals surface area contributed by atoms with Gasteiger partial charge in [0.2, 0.25) is 10.0 Å². The third-order valence-corrected chi connectivity index (χ3v) is 6.56. The molecule has 2 aromatic carbocycles. The maximum absolute atomic E-state index is 12.9. The fraction of sp³-hybridized carbons (Fsp3) is 0.381. The lowest BCUT2D eigenvalue weighted by Gasteiger charge is -2.35. The number of hydrogen-bond acceptors (Lipinski definition) is 5. The molecule has 0 radical (unpaired) electrons. The molecule has 2 aromatic rings. The highest BCUT2D eigenvalue weighted by atomic mass is 32.2. The highest BCUT2D eigenvalue weighted by molar-refractivity contribution is 7.89. The van der Waals surface area contributed by atoms with E-state index in [0.29, 0.717) is 24.3 Å². The minimum absolute atomic E-state index is 0.0720. The molecule has 0 saturated carbocycles. The maximum atomic E-state index is 12.9. The first-order valence-corrected chi connectivity index (χ1v) is 10.8. The van der Waals surface area contributed by atoms with Gasteiger partial charge in [0.15, 0.2) is 0 Å². The molecule has 3 rings (SSSR count). The van der Waals surface area contributed by atoms with Crippen LogP contribution in [0.25, 0.3) is 0 Å². The van der Waals surface area contributed by atoms with Gasteiger partial charge in [-0.2, -0.15) is 5.26 Å². The van der Waals surface area contributed by atoms with Gasteiger partial charge < -0.3 is 4.74 Å². The standard InChI is InChI=1S/C21H25N3O3S/c1-16-4-3-5-19(12-16)20(24-8-10-27-11-9-24)15-23-28(25,26)21-7-6-18(14-22)13-17(21)2/h3-7,12-13,20,23H,8-11,15H2,1-2H3.